The Morgan fingerprint density at radius 1 is 1.05 bits per heavy atom. The lowest BCUT2D eigenvalue weighted by atomic mass is 9.85. The third kappa shape index (κ3) is 3.87. The van der Waals surface area contributed by atoms with Gasteiger partial charge in [0, 0.05) is 18.3 Å². The third-order valence-electron chi connectivity index (χ3n) is 4.59. The van der Waals surface area contributed by atoms with Gasteiger partial charge in [-0.15, -0.1) is 0 Å². The van der Waals surface area contributed by atoms with Gasteiger partial charge in [-0.05, 0) is 32.1 Å². The van der Waals surface area contributed by atoms with E-state index in [1.54, 1.807) is 0 Å². The molecule has 7 heteroatoms. The molecule has 0 aromatic carbocycles. The number of rotatable bonds is 3. The van der Waals surface area contributed by atoms with Crippen molar-refractivity contribution in [2.45, 2.75) is 68.5 Å². The number of halogens is 3. The molecule has 2 rings (SSSR count). The number of sulfone groups is 1. The minimum atomic E-state index is -4.13. The lowest BCUT2D eigenvalue weighted by Crippen LogP contribution is -2.48. The second-order valence-electron chi connectivity index (χ2n) is 6.17. The summed E-state index contributed by atoms with van der Waals surface area (Å²) in [5.41, 5.74) is 0. The molecule has 0 saturated heterocycles. The third-order valence-corrected chi connectivity index (χ3v) is 6.25. The largest absolute Gasteiger partial charge is 0.391 e. The zero-order valence-electron chi connectivity index (χ0n) is 11.6. The van der Waals surface area contributed by atoms with Gasteiger partial charge in [0.2, 0.25) is 0 Å². The molecule has 0 aromatic heterocycles. The molecular formula is C13H22F3NO2S. The van der Waals surface area contributed by atoms with E-state index in [9.17, 15) is 21.6 Å². The topological polar surface area (TPSA) is 46.2 Å². The van der Waals surface area contributed by atoms with Gasteiger partial charge in [0.25, 0.3) is 0 Å². The molecule has 3 nitrogen and oxygen atoms in total. The predicted molar refractivity (Wildman–Crippen MR) is 71.2 cm³/mol. The Bertz CT molecular complexity index is 435. The van der Waals surface area contributed by atoms with Gasteiger partial charge in [-0.2, -0.15) is 13.2 Å². The minimum Gasteiger partial charge on any atom is -0.310 e. The molecule has 1 N–H and O–H groups in total. The maximum absolute atomic E-state index is 12.8. The van der Waals surface area contributed by atoms with Crippen molar-refractivity contribution in [3.05, 3.63) is 0 Å². The van der Waals surface area contributed by atoms with Crippen molar-refractivity contribution in [1.82, 2.24) is 5.32 Å². The molecule has 2 saturated carbocycles. The number of hydrogen-bond donors (Lipinski definition) is 1. The van der Waals surface area contributed by atoms with E-state index in [1.807, 2.05) is 0 Å². The van der Waals surface area contributed by atoms with Crippen LogP contribution in [0, 0.1) is 5.92 Å². The standard InChI is InChI=1S/C13H22F3NO2S/c1-20(18,19)12-7-3-6-11(12)17-10-5-2-4-9(8-10)13(14,15)16/h9-12,17H,2-8H2,1H3/t9-,10+,11+,12-/m1/s1. The highest BCUT2D eigenvalue weighted by Crippen LogP contribution is 2.38. The Labute approximate surface area is 118 Å². The molecule has 118 valence electrons. The smallest absolute Gasteiger partial charge is 0.310 e. The van der Waals surface area contributed by atoms with Crippen molar-refractivity contribution in [3.63, 3.8) is 0 Å². The highest BCUT2D eigenvalue weighted by Gasteiger charge is 2.43. The van der Waals surface area contributed by atoms with Crippen LogP contribution in [0.4, 0.5) is 13.2 Å². The molecule has 20 heavy (non-hydrogen) atoms. The van der Waals surface area contributed by atoms with Crippen LogP contribution in [0.3, 0.4) is 0 Å². The molecule has 0 aliphatic heterocycles. The summed E-state index contributed by atoms with van der Waals surface area (Å²) in [7, 11) is -3.13. The van der Waals surface area contributed by atoms with Crippen molar-refractivity contribution >= 4 is 9.84 Å². The van der Waals surface area contributed by atoms with E-state index in [0.29, 0.717) is 19.3 Å². The van der Waals surface area contributed by atoms with E-state index in [1.165, 1.54) is 6.26 Å². The monoisotopic (exact) mass is 313 g/mol. The minimum absolute atomic E-state index is 0.0798. The van der Waals surface area contributed by atoms with Crippen LogP contribution in [0.25, 0.3) is 0 Å². The maximum Gasteiger partial charge on any atom is 0.391 e. The predicted octanol–water partition coefficient (Wildman–Crippen LogP) is 2.66. The van der Waals surface area contributed by atoms with Crippen molar-refractivity contribution in [3.8, 4) is 0 Å². The van der Waals surface area contributed by atoms with E-state index in [-0.39, 0.29) is 24.9 Å². The van der Waals surface area contributed by atoms with Gasteiger partial charge in [0.05, 0.1) is 11.2 Å². The Kier molecular flexibility index (Phi) is 4.69. The highest BCUT2D eigenvalue weighted by molar-refractivity contribution is 7.91. The molecule has 0 aromatic rings. The van der Waals surface area contributed by atoms with Crippen LogP contribution in [0.1, 0.15) is 44.9 Å². The Morgan fingerprint density at radius 2 is 1.70 bits per heavy atom. The zero-order chi connectivity index (χ0) is 15.0. The lowest BCUT2D eigenvalue weighted by Gasteiger charge is -2.34. The van der Waals surface area contributed by atoms with E-state index < -0.39 is 27.2 Å². The van der Waals surface area contributed by atoms with Crippen molar-refractivity contribution in [1.29, 1.82) is 0 Å². The summed E-state index contributed by atoms with van der Waals surface area (Å²) in [6, 6.07) is -0.385. The van der Waals surface area contributed by atoms with Crippen LogP contribution in [-0.2, 0) is 9.84 Å². The lowest BCUT2D eigenvalue weighted by molar-refractivity contribution is -0.183. The second-order valence-corrected chi connectivity index (χ2v) is 8.44. The van der Waals surface area contributed by atoms with Crippen LogP contribution in [0.15, 0.2) is 0 Å². The molecule has 0 radical (unpaired) electrons. The highest BCUT2D eigenvalue weighted by atomic mass is 32.2. The molecule has 0 spiro atoms. The summed E-state index contributed by atoms with van der Waals surface area (Å²) in [5, 5.41) is 2.76. The molecule has 0 amide bonds. The molecule has 4 atom stereocenters. The Balaban J connectivity index is 1.96. The van der Waals surface area contributed by atoms with Crippen LogP contribution >= 0.6 is 0 Å². The molecule has 0 heterocycles. The number of hydrogen-bond acceptors (Lipinski definition) is 3. The van der Waals surface area contributed by atoms with Gasteiger partial charge in [-0.3, -0.25) is 0 Å². The Morgan fingerprint density at radius 3 is 2.30 bits per heavy atom. The van der Waals surface area contributed by atoms with Crippen molar-refractivity contribution < 1.29 is 21.6 Å². The number of alkyl halides is 3. The molecule has 2 aliphatic carbocycles. The Hall–Kier alpha value is -0.300. The van der Waals surface area contributed by atoms with Crippen molar-refractivity contribution in [2.75, 3.05) is 6.26 Å². The zero-order valence-corrected chi connectivity index (χ0v) is 12.4. The van der Waals surface area contributed by atoms with E-state index in [2.05, 4.69) is 5.32 Å². The summed E-state index contributed by atoms with van der Waals surface area (Å²) < 4.78 is 61.7. The van der Waals surface area contributed by atoms with Crippen molar-refractivity contribution in [2.24, 2.45) is 5.92 Å². The quantitative estimate of drug-likeness (QED) is 0.871. The average Bonchev–Trinajstić information content (AvgIpc) is 2.76. The first-order chi connectivity index (χ1) is 9.18. The molecule has 0 unspecified atom stereocenters. The van der Waals surface area contributed by atoms with Gasteiger partial charge in [0.15, 0.2) is 9.84 Å². The van der Waals surface area contributed by atoms with E-state index >= 15 is 0 Å². The number of nitrogens with one attached hydrogen (secondary N) is 1. The van der Waals surface area contributed by atoms with E-state index in [4.69, 9.17) is 0 Å². The van der Waals surface area contributed by atoms with Gasteiger partial charge in [-0.25, -0.2) is 8.42 Å². The molecular weight excluding hydrogens is 291 g/mol. The van der Waals surface area contributed by atoms with Gasteiger partial charge < -0.3 is 5.32 Å². The normalized spacial score (nSPS) is 36.2. The molecule has 0 bridgehead atoms. The summed E-state index contributed by atoms with van der Waals surface area (Å²) in [6.07, 6.45) is 0.807. The van der Waals surface area contributed by atoms with Gasteiger partial charge in [0.1, 0.15) is 0 Å². The summed E-state index contributed by atoms with van der Waals surface area (Å²) >= 11 is 0. The molecule has 2 aliphatic rings. The van der Waals surface area contributed by atoms with E-state index in [0.717, 1.165) is 12.8 Å². The fourth-order valence-electron chi connectivity index (χ4n) is 3.57. The fraction of sp³-hybridized carbons (Fsp3) is 1.00. The summed E-state index contributed by atoms with van der Waals surface area (Å²) in [6.45, 7) is 0. The van der Waals surface area contributed by atoms with Crippen LogP contribution in [0.5, 0.6) is 0 Å². The average molecular weight is 313 g/mol. The van der Waals surface area contributed by atoms with Crippen LogP contribution in [-0.4, -0.2) is 38.2 Å². The summed E-state index contributed by atoms with van der Waals surface area (Å²) in [5.74, 6) is -1.24. The van der Waals surface area contributed by atoms with Gasteiger partial charge >= 0.3 is 6.18 Å². The maximum atomic E-state index is 12.8. The second kappa shape index (κ2) is 5.83. The van der Waals surface area contributed by atoms with Crippen LogP contribution < -0.4 is 5.32 Å². The summed E-state index contributed by atoms with van der Waals surface area (Å²) in [4.78, 5) is 0. The SMILES string of the molecule is CS(=O)(=O)[C@@H]1CCC[C@@H]1N[C@H]1CCC[C@@H](C(F)(F)F)C1. The fourth-order valence-corrected chi connectivity index (χ4v) is 4.98. The first kappa shape index (κ1) is 16.1. The van der Waals surface area contributed by atoms with Gasteiger partial charge in [-0.1, -0.05) is 12.8 Å². The molecule has 2 fully saturated rings. The van der Waals surface area contributed by atoms with Crippen LogP contribution in [0.2, 0.25) is 0 Å². The first-order valence-corrected chi connectivity index (χ1v) is 9.15. The first-order valence-electron chi connectivity index (χ1n) is 7.19.